The predicted molar refractivity (Wildman–Crippen MR) is 113 cm³/mol. The summed E-state index contributed by atoms with van der Waals surface area (Å²) < 4.78 is 26.0. The number of fused-ring (bicyclic) bond motifs is 1. The largest absolute Gasteiger partial charge is 0.310 e. The molecule has 150 valence electrons. The second-order valence-electron chi connectivity index (χ2n) is 7.37. The van der Waals surface area contributed by atoms with Crippen LogP contribution in [0.25, 0.3) is 5.69 Å². The third kappa shape index (κ3) is 3.70. The van der Waals surface area contributed by atoms with Crippen molar-refractivity contribution < 1.29 is 13.2 Å². The standard InChI is InChI=1S/C22H23N3O3S/c1-3-17(16-10-5-4-6-11-16)22(26)23-21-18-13-29(27,28)14-19(18)24-25(21)20-12-8-7-9-15(20)2/h4-12,17H,3,13-14H2,1-2H3,(H,23,26)/t17-/m1/s1. The van der Waals surface area contributed by atoms with Crippen LogP contribution in [0.2, 0.25) is 0 Å². The summed E-state index contributed by atoms with van der Waals surface area (Å²) >= 11 is 0. The predicted octanol–water partition coefficient (Wildman–Crippen LogP) is 3.74. The number of nitrogens with one attached hydrogen (secondary N) is 1. The van der Waals surface area contributed by atoms with Gasteiger partial charge in [-0.3, -0.25) is 4.79 Å². The lowest BCUT2D eigenvalue weighted by atomic mass is 9.95. The van der Waals surface area contributed by atoms with Crippen LogP contribution in [0.1, 0.15) is 41.6 Å². The molecule has 1 aliphatic heterocycles. The van der Waals surface area contributed by atoms with Gasteiger partial charge in [0, 0.05) is 5.56 Å². The summed E-state index contributed by atoms with van der Waals surface area (Å²) in [4.78, 5) is 13.2. The zero-order valence-corrected chi connectivity index (χ0v) is 17.2. The molecule has 0 bridgehead atoms. The van der Waals surface area contributed by atoms with Crippen LogP contribution in [0.5, 0.6) is 0 Å². The van der Waals surface area contributed by atoms with Gasteiger partial charge in [0.15, 0.2) is 9.84 Å². The molecule has 0 saturated carbocycles. The van der Waals surface area contributed by atoms with E-state index in [0.717, 1.165) is 16.8 Å². The van der Waals surface area contributed by atoms with E-state index in [2.05, 4.69) is 10.4 Å². The van der Waals surface area contributed by atoms with Crippen molar-refractivity contribution in [1.29, 1.82) is 0 Å². The second kappa shape index (κ2) is 7.48. The number of anilines is 1. The molecule has 29 heavy (non-hydrogen) atoms. The van der Waals surface area contributed by atoms with E-state index in [1.807, 2.05) is 68.4 Å². The quantitative estimate of drug-likeness (QED) is 0.696. The van der Waals surface area contributed by atoms with Gasteiger partial charge in [0.2, 0.25) is 5.91 Å². The molecule has 4 rings (SSSR count). The van der Waals surface area contributed by atoms with Crippen LogP contribution in [-0.2, 0) is 26.1 Å². The molecule has 1 amide bonds. The van der Waals surface area contributed by atoms with E-state index < -0.39 is 9.84 Å². The Balaban J connectivity index is 1.76. The molecule has 0 radical (unpaired) electrons. The summed E-state index contributed by atoms with van der Waals surface area (Å²) in [6.45, 7) is 3.92. The maximum Gasteiger partial charge on any atom is 0.233 e. The van der Waals surface area contributed by atoms with Crippen molar-refractivity contribution >= 4 is 21.6 Å². The average Bonchev–Trinajstić information content (AvgIpc) is 3.16. The number of benzene rings is 2. The summed E-state index contributed by atoms with van der Waals surface area (Å²) in [5, 5.41) is 7.55. The van der Waals surface area contributed by atoms with Gasteiger partial charge in [-0.05, 0) is 30.5 Å². The van der Waals surface area contributed by atoms with Crippen LogP contribution in [0.4, 0.5) is 5.82 Å². The molecule has 3 aromatic rings. The van der Waals surface area contributed by atoms with Gasteiger partial charge < -0.3 is 5.32 Å². The van der Waals surface area contributed by atoms with Crippen LogP contribution in [0.3, 0.4) is 0 Å². The lowest BCUT2D eigenvalue weighted by Crippen LogP contribution is -2.23. The molecule has 1 aromatic heterocycles. The van der Waals surface area contributed by atoms with Crippen LogP contribution >= 0.6 is 0 Å². The average molecular weight is 410 g/mol. The molecule has 0 spiro atoms. The lowest BCUT2D eigenvalue weighted by molar-refractivity contribution is -0.117. The first-order valence-corrected chi connectivity index (χ1v) is 11.4. The Hall–Kier alpha value is -2.93. The summed E-state index contributed by atoms with van der Waals surface area (Å²) in [5.41, 5.74) is 3.84. The summed E-state index contributed by atoms with van der Waals surface area (Å²) in [7, 11) is -3.23. The minimum Gasteiger partial charge on any atom is -0.310 e. The van der Waals surface area contributed by atoms with Crippen molar-refractivity contribution in [2.75, 3.05) is 5.32 Å². The molecule has 0 saturated heterocycles. The van der Waals surface area contributed by atoms with E-state index in [1.54, 1.807) is 4.68 Å². The summed E-state index contributed by atoms with van der Waals surface area (Å²) in [6.07, 6.45) is 0.634. The van der Waals surface area contributed by atoms with Crippen molar-refractivity contribution in [3.8, 4) is 5.69 Å². The first-order valence-electron chi connectivity index (χ1n) is 9.62. The number of amides is 1. The van der Waals surface area contributed by atoms with Gasteiger partial charge in [0.05, 0.1) is 28.8 Å². The molecule has 0 unspecified atom stereocenters. The molecule has 2 aromatic carbocycles. The Morgan fingerprint density at radius 2 is 1.79 bits per heavy atom. The van der Waals surface area contributed by atoms with Crippen molar-refractivity contribution in [2.24, 2.45) is 0 Å². The Bertz CT molecular complexity index is 1170. The Morgan fingerprint density at radius 3 is 2.48 bits per heavy atom. The zero-order valence-electron chi connectivity index (χ0n) is 16.4. The second-order valence-corrected chi connectivity index (χ2v) is 9.43. The minimum absolute atomic E-state index is 0.0972. The highest BCUT2D eigenvalue weighted by Gasteiger charge is 2.34. The van der Waals surface area contributed by atoms with Gasteiger partial charge in [-0.1, -0.05) is 55.5 Å². The fourth-order valence-electron chi connectivity index (χ4n) is 3.81. The van der Waals surface area contributed by atoms with Crippen LogP contribution in [0, 0.1) is 6.92 Å². The first-order chi connectivity index (χ1) is 13.9. The van der Waals surface area contributed by atoms with E-state index in [9.17, 15) is 13.2 Å². The van der Waals surface area contributed by atoms with Gasteiger partial charge in [-0.25, -0.2) is 13.1 Å². The van der Waals surface area contributed by atoms with Crippen LogP contribution in [-0.4, -0.2) is 24.1 Å². The van der Waals surface area contributed by atoms with Gasteiger partial charge in [-0.15, -0.1) is 0 Å². The SMILES string of the molecule is CC[C@@H](C(=O)Nc1c2c(nn1-c1ccccc1C)CS(=O)(=O)C2)c1ccccc1. The molecule has 1 N–H and O–H groups in total. The molecule has 1 aliphatic rings. The molecule has 6 nitrogen and oxygen atoms in total. The third-order valence-electron chi connectivity index (χ3n) is 5.30. The highest BCUT2D eigenvalue weighted by molar-refractivity contribution is 7.90. The Kier molecular flexibility index (Phi) is 5.00. The van der Waals surface area contributed by atoms with Crippen LogP contribution < -0.4 is 5.32 Å². The summed E-state index contributed by atoms with van der Waals surface area (Å²) in [6, 6.07) is 17.3. The van der Waals surface area contributed by atoms with Crippen molar-refractivity contribution in [1.82, 2.24) is 9.78 Å². The number of aryl methyl sites for hydroxylation is 1. The lowest BCUT2D eigenvalue weighted by Gasteiger charge is -2.18. The monoisotopic (exact) mass is 409 g/mol. The number of rotatable bonds is 5. The van der Waals surface area contributed by atoms with E-state index in [1.165, 1.54) is 0 Å². The van der Waals surface area contributed by atoms with E-state index in [-0.39, 0.29) is 23.3 Å². The number of hydrogen-bond donors (Lipinski definition) is 1. The number of aromatic nitrogens is 2. The minimum atomic E-state index is -3.23. The number of sulfone groups is 1. The van der Waals surface area contributed by atoms with Gasteiger partial charge in [-0.2, -0.15) is 5.10 Å². The molecule has 7 heteroatoms. The Labute approximate surface area is 170 Å². The molecule has 1 atom stereocenters. The number of para-hydroxylation sites is 1. The molecule has 0 aliphatic carbocycles. The van der Waals surface area contributed by atoms with Gasteiger partial charge in [0.25, 0.3) is 0 Å². The maximum absolute atomic E-state index is 13.2. The van der Waals surface area contributed by atoms with Crippen molar-refractivity contribution in [2.45, 2.75) is 37.7 Å². The molecule has 0 fully saturated rings. The third-order valence-corrected chi connectivity index (χ3v) is 6.74. The highest BCUT2D eigenvalue weighted by atomic mass is 32.2. The van der Waals surface area contributed by atoms with Gasteiger partial charge in [0.1, 0.15) is 5.82 Å². The van der Waals surface area contributed by atoms with E-state index in [0.29, 0.717) is 23.5 Å². The number of hydrogen-bond acceptors (Lipinski definition) is 4. The molecular formula is C22H23N3O3S. The van der Waals surface area contributed by atoms with E-state index in [4.69, 9.17) is 0 Å². The highest BCUT2D eigenvalue weighted by Crippen LogP contribution is 2.34. The molecular weight excluding hydrogens is 386 g/mol. The van der Waals surface area contributed by atoms with Gasteiger partial charge >= 0.3 is 0 Å². The van der Waals surface area contributed by atoms with Crippen molar-refractivity contribution in [3.63, 3.8) is 0 Å². The number of carbonyl (C=O) groups is 1. The van der Waals surface area contributed by atoms with Crippen molar-refractivity contribution in [3.05, 3.63) is 77.0 Å². The summed E-state index contributed by atoms with van der Waals surface area (Å²) in [5.74, 6) is -0.244. The smallest absolute Gasteiger partial charge is 0.233 e. The van der Waals surface area contributed by atoms with E-state index >= 15 is 0 Å². The fraction of sp³-hybridized carbons (Fsp3) is 0.273. The number of carbonyl (C=O) groups excluding carboxylic acids is 1. The maximum atomic E-state index is 13.2. The normalized spacial score (nSPS) is 15.7. The van der Waals surface area contributed by atoms with Crippen LogP contribution in [0.15, 0.2) is 54.6 Å². The Morgan fingerprint density at radius 1 is 1.10 bits per heavy atom. The first kappa shape index (κ1) is 19.4. The number of nitrogens with zero attached hydrogens (tertiary/aromatic N) is 2. The zero-order chi connectivity index (χ0) is 20.6. The fourth-order valence-corrected chi connectivity index (χ4v) is 5.30. The molecule has 2 heterocycles. The topological polar surface area (TPSA) is 81.1 Å².